The first-order chi connectivity index (χ1) is 13.3. The summed E-state index contributed by atoms with van der Waals surface area (Å²) in [5, 5.41) is 19.0. The normalized spacial score (nSPS) is 16.4. The van der Waals surface area contributed by atoms with Crippen molar-refractivity contribution in [1.29, 1.82) is 0 Å². The van der Waals surface area contributed by atoms with Crippen molar-refractivity contribution in [3.05, 3.63) is 63.2 Å². The molecule has 3 rings (SSSR count). The van der Waals surface area contributed by atoms with Gasteiger partial charge in [0.1, 0.15) is 12.4 Å². The average Bonchev–Trinajstić information content (AvgIpc) is 2.66. The molecule has 2 aromatic rings. The van der Waals surface area contributed by atoms with Crippen molar-refractivity contribution >= 4 is 0 Å². The van der Waals surface area contributed by atoms with E-state index in [1.165, 1.54) is 12.1 Å². The first-order valence-electron chi connectivity index (χ1n) is 8.83. The first-order valence-corrected chi connectivity index (χ1v) is 8.83. The third kappa shape index (κ3) is 4.92. The molecule has 152 valence electrons. The van der Waals surface area contributed by atoms with Gasteiger partial charge in [-0.25, -0.2) is 0 Å². The molecule has 0 radical (unpaired) electrons. The van der Waals surface area contributed by atoms with Crippen LogP contribution < -0.4 is 5.43 Å². The highest BCUT2D eigenvalue weighted by Crippen LogP contribution is 2.29. The van der Waals surface area contributed by atoms with E-state index in [0.29, 0.717) is 32.7 Å². The van der Waals surface area contributed by atoms with E-state index in [9.17, 15) is 23.1 Å². The average molecular weight is 398 g/mol. The molecule has 1 aromatic carbocycles. The Hall–Kier alpha value is -2.36. The van der Waals surface area contributed by atoms with Crippen LogP contribution in [0.15, 0.2) is 39.5 Å². The van der Waals surface area contributed by atoms with E-state index in [-0.39, 0.29) is 18.1 Å². The molecule has 2 heterocycles. The lowest BCUT2D eigenvalue weighted by Gasteiger charge is -2.34. The zero-order valence-corrected chi connectivity index (χ0v) is 15.1. The van der Waals surface area contributed by atoms with Crippen LogP contribution in [-0.2, 0) is 25.9 Å². The molecule has 9 heteroatoms. The number of alkyl halides is 3. The van der Waals surface area contributed by atoms with Gasteiger partial charge in [0.25, 0.3) is 0 Å². The maximum atomic E-state index is 12.6. The number of piperazine rings is 1. The maximum Gasteiger partial charge on any atom is 0.416 e. The third-order valence-electron chi connectivity index (χ3n) is 4.72. The second-order valence-corrected chi connectivity index (χ2v) is 6.75. The van der Waals surface area contributed by atoms with Crippen molar-refractivity contribution in [3.8, 4) is 5.75 Å². The van der Waals surface area contributed by atoms with Gasteiger partial charge in [0.05, 0.1) is 12.1 Å². The molecule has 0 amide bonds. The van der Waals surface area contributed by atoms with Crippen LogP contribution in [-0.4, -0.2) is 46.2 Å². The summed E-state index contributed by atoms with van der Waals surface area (Å²) in [6.45, 7) is 3.02. The summed E-state index contributed by atoms with van der Waals surface area (Å²) in [5.74, 6) is -0.240. The summed E-state index contributed by atoms with van der Waals surface area (Å²) < 4.78 is 43.2. The lowest BCUT2D eigenvalue weighted by Crippen LogP contribution is -2.45. The summed E-state index contributed by atoms with van der Waals surface area (Å²) in [4.78, 5) is 15.8. The van der Waals surface area contributed by atoms with Gasteiger partial charge in [-0.3, -0.25) is 14.6 Å². The molecular weight excluding hydrogens is 377 g/mol. The van der Waals surface area contributed by atoms with Crippen LogP contribution in [0.2, 0.25) is 0 Å². The maximum absolute atomic E-state index is 12.6. The molecule has 2 N–H and O–H groups in total. The van der Waals surface area contributed by atoms with Crippen LogP contribution in [0.3, 0.4) is 0 Å². The minimum Gasteiger partial charge on any atom is -0.502 e. The van der Waals surface area contributed by atoms with Gasteiger partial charge in [-0.05, 0) is 17.7 Å². The minimum atomic E-state index is -4.34. The Morgan fingerprint density at radius 1 is 1.00 bits per heavy atom. The topological polar surface area (TPSA) is 77.2 Å². The number of halogens is 3. The summed E-state index contributed by atoms with van der Waals surface area (Å²) >= 11 is 0. The summed E-state index contributed by atoms with van der Waals surface area (Å²) in [6.07, 6.45) is -4.34. The predicted octanol–water partition coefficient (Wildman–Crippen LogP) is 2.17. The van der Waals surface area contributed by atoms with Crippen LogP contribution in [0, 0.1) is 0 Å². The molecule has 28 heavy (non-hydrogen) atoms. The smallest absolute Gasteiger partial charge is 0.416 e. The van der Waals surface area contributed by atoms with Gasteiger partial charge in [0.15, 0.2) is 5.76 Å². The fourth-order valence-electron chi connectivity index (χ4n) is 3.14. The van der Waals surface area contributed by atoms with Crippen molar-refractivity contribution in [2.45, 2.75) is 25.9 Å². The van der Waals surface area contributed by atoms with Crippen LogP contribution in [0.25, 0.3) is 0 Å². The molecule has 6 nitrogen and oxygen atoms in total. The quantitative estimate of drug-likeness (QED) is 0.804. The Kier molecular flexibility index (Phi) is 6.07. The van der Waals surface area contributed by atoms with E-state index in [4.69, 9.17) is 9.52 Å². The van der Waals surface area contributed by atoms with Crippen molar-refractivity contribution in [2.75, 3.05) is 26.2 Å². The highest BCUT2D eigenvalue weighted by Gasteiger charge is 2.30. The zero-order valence-electron chi connectivity index (χ0n) is 15.1. The fraction of sp³-hybridized carbons (Fsp3) is 0.421. The van der Waals surface area contributed by atoms with Gasteiger partial charge in [-0.1, -0.05) is 12.1 Å². The van der Waals surface area contributed by atoms with Crippen LogP contribution in [0.4, 0.5) is 13.2 Å². The van der Waals surface area contributed by atoms with E-state index < -0.39 is 29.5 Å². The SMILES string of the molecule is O=c1cc(CO)oc(CN2CCN(Cc3ccc(C(F)(F)F)cc3)CC2)c1O. The number of hydrogen-bond acceptors (Lipinski definition) is 6. The van der Waals surface area contributed by atoms with E-state index in [1.807, 2.05) is 4.90 Å². The standard InChI is InChI=1S/C19H21F3N2O4/c20-19(21,22)14-3-1-13(2-4-14)10-23-5-7-24(8-6-23)11-17-18(27)16(26)9-15(12-25)28-17/h1-4,9,25,27H,5-8,10-12H2. The molecule has 1 saturated heterocycles. The summed E-state index contributed by atoms with van der Waals surface area (Å²) in [7, 11) is 0. The third-order valence-corrected chi connectivity index (χ3v) is 4.72. The largest absolute Gasteiger partial charge is 0.502 e. The Morgan fingerprint density at radius 3 is 2.11 bits per heavy atom. The number of rotatable bonds is 5. The second kappa shape index (κ2) is 8.34. The van der Waals surface area contributed by atoms with E-state index >= 15 is 0 Å². The summed E-state index contributed by atoms with van der Waals surface area (Å²) in [5.41, 5.74) is -0.445. The number of benzene rings is 1. The van der Waals surface area contributed by atoms with Gasteiger partial charge in [0.2, 0.25) is 11.2 Å². The lowest BCUT2D eigenvalue weighted by molar-refractivity contribution is -0.137. The molecule has 0 spiro atoms. The fourth-order valence-corrected chi connectivity index (χ4v) is 3.14. The van der Waals surface area contributed by atoms with E-state index in [0.717, 1.165) is 23.8 Å². The highest BCUT2D eigenvalue weighted by atomic mass is 19.4. The number of nitrogens with zero attached hydrogens (tertiary/aromatic N) is 2. The molecule has 0 atom stereocenters. The van der Waals surface area contributed by atoms with Gasteiger partial charge >= 0.3 is 6.18 Å². The Bertz CT molecular complexity index is 857. The molecule has 1 aliphatic rings. The zero-order chi connectivity index (χ0) is 20.3. The number of aliphatic hydroxyl groups excluding tert-OH is 1. The Morgan fingerprint density at radius 2 is 1.57 bits per heavy atom. The number of aliphatic hydroxyl groups is 1. The van der Waals surface area contributed by atoms with E-state index in [1.54, 1.807) is 0 Å². The lowest BCUT2D eigenvalue weighted by atomic mass is 10.1. The molecule has 1 fully saturated rings. The molecule has 0 saturated carbocycles. The minimum absolute atomic E-state index is 0.0961. The molecule has 0 unspecified atom stereocenters. The van der Waals surface area contributed by atoms with Crippen molar-refractivity contribution in [2.24, 2.45) is 0 Å². The summed E-state index contributed by atoms with van der Waals surface area (Å²) in [6, 6.07) is 6.21. The van der Waals surface area contributed by atoms with Gasteiger partial charge in [0, 0.05) is 38.8 Å². The van der Waals surface area contributed by atoms with Crippen molar-refractivity contribution < 1.29 is 27.8 Å². The van der Waals surface area contributed by atoms with Crippen LogP contribution in [0.5, 0.6) is 5.75 Å². The molecule has 1 aliphatic heterocycles. The molecule has 0 bridgehead atoms. The van der Waals surface area contributed by atoms with Crippen LogP contribution >= 0.6 is 0 Å². The van der Waals surface area contributed by atoms with Crippen molar-refractivity contribution in [1.82, 2.24) is 9.80 Å². The number of aromatic hydroxyl groups is 1. The predicted molar refractivity (Wildman–Crippen MR) is 94.6 cm³/mol. The molecule has 1 aromatic heterocycles. The van der Waals surface area contributed by atoms with Crippen molar-refractivity contribution in [3.63, 3.8) is 0 Å². The van der Waals surface area contributed by atoms with Gasteiger partial charge in [-0.15, -0.1) is 0 Å². The van der Waals surface area contributed by atoms with Crippen LogP contribution in [0.1, 0.15) is 22.6 Å². The Labute approximate surface area is 159 Å². The van der Waals surface area contributed by atoms with Gasteiger partial charge < -0.3 is 14.6 Å². The highest BCUT2D eigenvalue weighted by molar-refractivity contribution is 5.25. The number of hydrogen-bond donors (Lipinski definition) is 2. The molecular formula is C19H21F3N2O4. The Balaban J connectivity index is 1.55. The first kappa shape index (κ1) is 20.4. The van der Waals surface area contributed by atoms with Gasteiger partial charge in [-0.2, -0.15) is 13.2 Å². The monoisotopic (exact) mass is 398 g/mol. The second-order valence-electron chi connectivity index (χ2n) is 6.75. The van der Waals surface area contributed by atoms with E-state index in [2.05, 4.69) is 4.90 Å². The molecule has 0 aliphatic carbocycles.